The minimum atomic E-state index is -0.833. The molecule has 1 fully saturated rings. The highest BCUT2D eigenvalue weighted by molar-refractivity contribution is 6.02. The van der Waals surface area contributed by atoms with Gasteiger partial charge in [-0.1, -0.05) is 29.4 Å². The van der Waals surface area contributed by atoms with E-state index in [9.17, 15) is 5.21 Å². The molecule has 1 saturated carbocycles. The summed E-state index contributed by atoms with van der Waals surface area (Å²) in [4.78, 5) is 9.00. The third-order valence-electron chi connectivity index (χ3n) is 5.49. The number of aryl methyl sites for hydroxylation is 1. The first kappa shape index (κ1) is 21.7. The number of ether oxygens (including phenoxy) is 2. The molecular formula is C24H29NO5. The summed E-state index contributed by atoms with van der Waals surface area (Å²) in [6, 6.07) is 12.5. The Balaban J connectivity index is 0.000000589. The van der Waals surface area contributed by atoms with Crippen molar-refractivity contribution in [3.63, 3.8) is 0 Å². The number of fused-ring (bicyclic) bond motifs is 1. The molecule has 2 aromatic carbocycles. The van der Waals surface area contributed by atoms with Crippen molar-refractivity contribution in [2.45, 2.75) is 58.0 Å². The van der Waals surface area contributed by atoms with Gasteiger partial charge in [0.25, 0.3) is 5.97 Å². The van der Waals surface area contributed by atoms with Gasteiger partial charge >= 0.3 is 0 Å². The Kier molecular flexibility index (Phi) is 7.33. The topological polar surface area (TPSA) is 88.4 Å². The van der Waals surface area contributed by atoms with Gasteiger partial charge in [0.05, 0.1) is 18.9 Å². The van der Waals surface area contributed by atoms with Crippen LogP contribution in [0.4, 0.5) is 0 Å². The number of benzene rings is 2. The van der Waals surface area contributed by atoms with E-state index in [-0.39, 0.29) is 0 Å². The first-order valence-corrected chi connectivity index (χ1v) is 10.4. The number of carbonyl (C=O) groups is 1. The lowest BCUT2D eigenvalue weighted by Crippen LogP contribution is -2.12. The minimum absolute atomic E-state index is 0.297. The molecule has 6 nitrogen and oxygen atoms in total. The average Bonchev–Trinajstić information content (AvgIpc) is 3.25. The normalized spacial score (nSPS) is 17.1. The lowest BCUT2D eigenvalue weighted by molar-refractivity contribution is -0.134. The predicted molar refractivity (Wildman–Crippen MR) is 116 cm³/mol. The van der Waals surface area contributed by atoms with Gasteiger partial charge in [0.1, 0.15) is 0 Å². The van der Waals surface area contributed by atoms with E-state index < -0.39 is 5.97 Å². The molecule has 2 aliphatic carbocycles. The van der Waals surface area contributed by atoms with Crippen molar-refractivity contribution in [3.8, 4) is 22.6 Å². The number of hydrogen-bond donors (Lipinski definition) is 2. The number of rotatable bonds is 4. The smallest absolute Gasteiger partial charge is 0.300 e. The summed E-state index contributed by atoms with van der Waals surface area (Å²) in [5.41, 5.74) is 5.38. The van der Waals surface area contributed by atoms with E-state index in [0.29, 0.717) is 6.10 Å². The highest BCUT2D eigenvalue weighted by atomic mass is 16.5. The zero-order valence-corrected chi connectivity index (χ0v) is 17.6. The largest absolute Gasteiger partial charge is 0.493 e. The fraction of sp³-hybridized carbons (Fsp3) is 0.417. The standard InChI is InChI=1S/C22H25NO3.C2H4O2/c1-25-21-12-10-16(14-22(21)26-18-6-2-3-7-18)15-9-11-19-17(13-15)5-4-8-20(19)23-24;1-2(3)4/h9-14,18,24H,2-8H2,1H3;1H3,(H,3,4)/b23-20+;. The third-order valence-corrected chi connectivity index (χ3v) is 5.49. The highest BCUT2D eigenvalue weighted by Crippen LogP contribution is 2.36. The lowest BCUT2D eigenvalue weighted by Gasteiger charge is -2.19. The van der Waals surface area contributed by atoms with Gasteiger partial charge in [0, 0.05) is 12.5 Å². The molecule has 0 saturated heterocycles. The van der Waals surface area contributed by atoms with E-state index in [1.807, 2.05) is 6.07 Å². The Labute approximate surface area is 177 Å². The number of nitrogens with zero attached hydrogens (tertiary/aromatic N) is 1. The zero-order chi connectivity index (χ0) is 21.5. The summed E-state index contributed by atoms with van der Waals surface area (Å²) in [6.07, 6.45) is 7.90. The van der Waals surface area contributed by atoms with Crippen molar-refractivity contribution in [1.29, 1.82) is 0 Å². The van der Waals surface area contributed by atoms with Crippen molar-refractivity contribution in [2.24, 2.45) is 5.16 Å². The molecule has 0 amide bonds. The first-order valence-electron chi connectivity index (χ1n) is 10.4. The summed E-state index contributed by atoms with van der Waals surface area (Å²) in [7, 11) is 1.69. The van der Waals surface area contributed by atoms with Crippen LogP contribution >= 0.6 is 0 Å². The SMILES string of the molecule is CC(=O)O.COc1ccc(-c2ccc3c(c2)CCC/C3=N\O)cc1OC1CCCC1. The molecule has 0 bridgehead atoms. The highest BCUT2D eigenvalue weighted by Gasteiger charge is 2.20. The average molecular weight is 411 g/mol. The summed E-state index contributed by atoms with van der Waals surface area (Å²) in [6.45, 7) is 1.08. The Morgan fingerprint density at radius 2 is 1.67 bits per heavy atom. The van der Waals surface area contributed by atoms with Gasteiger partial charge in [-0.25, -0.2) is 0 Å². The number of hydrogen-bond acceptors (Lipinski definition) is 5. The summed E-state index contributed by atoms with van der Waals surface area (Å²) in [5.74, 6) is 0.778. The van der Waals surface area contributed by atoms with E-state index in [0.717, 1.165) is 72.9 Å². The monoisotopic (exact) mass is 411 g/mol. The van der Waals surface area contributed by atoms with Crippen molar-refractivity contribution in [1.82, 2.24) is 0 Å². The maximum Gasteiger partial charge on any atom is 0.300 e. The number of aliphatic carboxylic acids is 1. The number of methoxy groups -OCH3 is 1. The Morgan fingerprint density at radius 1 is 1.00 bits per heavy atom. The molecule has 0 spiro atoms. The van der Waals surface area contributed by atoms with Crippen LogP contribution in [0.25, 0.3) is 11.1 Å². The second-order valence-corrected chi connectivity index (χ2v) is 7.68. The number of oxime groups is 1. The summed E-state index contributed by atoms with van der Waals surface area (Å²) < 4.78 is 11.7. The molecule has 30 heavy (non-hydrogen) atoms. The molecule has 2 aromatic rings. The van der Waals surface area contributed by atoms with Crippen LogP contribution in [0.2, 0.25) is 0 Å². The minimum Gasteiger partial charge on any atom is -0.493 e. The van der Waals surface area contributed by atoms with Crippen LogP contribution in [-0.4, -0.2) is 35.2 Å². The van der Waals surface area contributed by atoms with Gasteiger partial charge in [-0.3, -0.25) is 4.79 Å². The van der Waals surface area contributed by atoms with Crippen LogP contribution in [0.3, 0.4) is 0 Å². The maximum atomic E-state index is 9.21. The molecular weight excluding hydrogens is 382 g/mol. The molecule has 0 aliphatic heterocycles. The van der Waals surface area contributed by atoms with Gasteiger partial charge in [-0.05, 0) is 73.8 Å². The molecule has 4 rings (SSSR count). The van der Waals surface area contributed by atoms with Gasteiger partial charge in [0.15, 0.2) is 11.5 Å². The van der Waals surface area contributed by atoms with Crippen molar-refractivity contribution in [2.75, 3.05) is 7.11 Å². The molecule has 0 unspecified atom stereocenters. The molecule has 0 radical (unpaired) electrons. The molecule has 0 atom stereocenters. The molecule has 160 valence electrons. The van der Waals surface area contributed by atoms with E-state index in [1.165, 1.54) is 18.4 Å². The first-order chi connectivity index (χ1) is 14.5. The summed E-state index contributed by atoms with van der Waals surface area (Å²) in [5, 5.41) is 20.1. The van der Waals surface area contributed by atoms with Crippen LogP contribution in [0.15, 0.2) is 41.6 Å². The van der Waals surface area contributed by atoms with E-state index >= 15 is 0 Å². The Hall–Kier alpha value is -3.02. The molecule has 6 heteroatoms. The molecule has 0 heterocycles. The van der Waals surface area contributed by atoms with Crippen molar-refractivity contribution >= 4 is 11.7 Å². The quantitative estimate of drug-likeness (QED) is 0.527. The Morgan fingerprint density at radius 3 is 2.33 bits per heavy atom. The van der Waals surface area contributed by atoms with Crippen molar-refractivity contribution in [3.05, 3.63) is 47.5 Å². The predicted octanol–water partition coefficient (Wildman–Crippen LogP) is 5.29. The number of carboxylic acid groups (broad SMARTS) is 1. The molecule has 2 N–H and O–H groups in total. The van der Waals surface area contributed by atoms with Crippen LogP contribution in [-0.2, 0) is 11.2 Å². The fourth-order valence-electron chi connectivity index (χ4n) is 4.08. The molecule has 0 aromatic heterocycles. The van der Waals surface area contributed by atoms with Crippen LogP contribution in [0.5, 0.6) is 11.5 Å². The van der Waals surface area contributed by atoms with E-state index in [2.05, 4.69) is 35.5 Å². The van der Waals surface area contributed by atoms with Crippen LogP contribution in [0.1, 0.15) is 56.6 Å². The Bertz CT molecular complexity index is 912. The molecule has 2 aliphatic rings. The summed E-state index contributed by atoms with van der Waals surface area (Å²) >= 11 is 0. The second-order valence-electron chi connectivity index (χ2n) is 7.68. The van der Waals surface area contributed by atoms with Gasteiger partial charge in [-0.15, -0.1) is 0 Å². The van der Waals surface area contributed by atoms with Crippen molar-refractivity contribution < 1.29 is 24.6 Å². The van der Waals surface area contributed by atoms with Crippen LogP contribution < -0.4 is 9.47 Å². The third kappa shape index (κ3) is 5.32. The number of carboxylic acids is 1. The lowest BCUT2D eigenvalue weighted by atomic mass is 9.87. The van der Waals surface area contributed by atoms with E-state index in [4.69, 9.17) is 19.4 Å². The van der Waals surface area contributed by atoms with E-state index in [1.54, 1.807) is 7.11 Å². The maximum absolute atomic E-state index is 9.21. The zero-order valence-electron chi connectivity index (χ0n) is 17.6. The van der Waals surface area contributed by atoms with Gasteiger partial charge in [0.2, 0.25) is 0 Å². The second kappa shape index (κ2) is 10.1. The van der Waals surface area contributed by atoms with Gasteiger partial charge in [-0.2, -0.15) is 0 Å². The van der Waals surface area contributed by atoms with Crippen LogP contribution in [0, 0.1) is 0 Å². The van der Waals surface area contributed by atoms with Gasteiger partial charge < -0.3 is 19.8 Å². The fourth-order valence-corrected chi connectivity index (χ4v) is 4.08.